The van der Waals surface area contributed by atoms with Gasteiger partial charge in [-0.25, -0.2) is 0 Å². The topological polar surface area (TPSA) is 21.3 Å². The van der Waals surface area contributed by atoms with Crippen LogP contribution in [0.1, 0.15) is 64.6 Å². The van der Waals surface area contributed by atoms with Gasteiger partial charge in [-0.2, -0.15) is 0 Å². The van der Waals surface area contributed by atoms with E-state index in [4.69, 9.17) is 4.74 Å². The van der Waals surface area contributed by atoms with Gasteiger partial charge < -0.3 is 10.1 Å². The lowest BCUT2D eigenvalue weighted by Crippen LogP contribution is -2.43. The fourth-order valence-electron chi connectivity index (χ4n) is 2.83. The second kappa shape index (κ2) is 8.43. The number of benzene rings is 1. The summed E-state index contributed by atoms with van der Waals surface area (Å²) in [7, 11) is 0. The van der Waals surface area contributed by atoms with E-state index in [0.717, 1.165) is 26.0 Å². The molecule has 2 atom stereocenters. The highest BCUT2D eigenvalue weighted by molar-refractivity contribution is 5.28. The van der Waals surface area contributed by atoms with E-state index in [9.17, 15) is 0 Å². The minimum atomic E-state index is -0.157. The van der Waals surface area contributed by atoms with Crippen LogP contribution in [0.3, 0.4) is 0 Å². The number of ether oxygens (including phenoxy) is 1. The lowest BCUT2D eigenvalue weighted by Gasteiger charge is -2.38. The zero-order valence-electron chi connectivity index (χ0n) is 13.8. The van der Waals surface area contributed by atoms with Gasteiger partial charge in [-0.15, -0.1) is 0 Å². The van der Waals surface area contributed by atoms with Crippen molar-refractivity contribution in [3.8, 4) is 0 Å². The second-order valence-electron chi connectivity index (χ2n) is 5.58. The average molecular weight is 277 g/mol. The number of hydrogen-bond donors (Lipinski definition) is 1. The van der Waals surface area contributed by atoms with Crippen molar-refractivity contribution in [3.63, 3.8) is 0 Å². The molecule has 0 heterocycles. The fourth-order valence-corrected chi connectivity index (χ4v) is 2.83. The van der Waals surface area contributed by atoms with Gasteiger partial charge in [-0.1, -0.05) is 51.5 Å². The van der Waals surface area contributed by atoms with Crippen LogP contribution < -0.4 is 5.32 Å². The lowest BCUT2D eigenvalue weighted by molar-refractivity contribution is -0.0560. The summed E-state index contributed by atoms with van der Waals surface area (Å²) in [5.41, 5.74) is 2.61. The van der Waals surface area contributed by atoms with Crippen molar-refractivity contribution in [3.05, 3.63) is 35.4 Å². The molecule has 1 aromatic carbocycles. The number of rotatable bonds is 9. The molecule has 0 aromatic heterocycles. The molecular formula is C18H31NO. The maximum Gasteiger partial charge on any atom is 0.0845 e. The maximum absolute atomic E-state index is 6.09. The van der Waals surface area contributed by atoms with E-state index in [1.54, 1.807) is 0 Å². The van der Waals surface area contributed by atoms with Gasteiger partial charge in [0.25, 0.3) is 0 Å². The molecule has 0 bridgehead atoms. The number of aryl methyl sites for hydroxylation is 1. The molecule has 0 saturated carbocycles. The van der Waals surface area contributed by atoms with Crippen LogP contribution in [-0.2, 0) is 11.2 Å². The second-order valence-corrected chi connectivity index (χ2v) is 5.58. The van der Waals surface area contributed by atoms with Gasteiger partial charge in [0.15, 0.2) is 0 Å². The molecule has 0 amide bonds. The summed E-state index contributed by atoms with van der Waals surface area (Å²) >= 11 is 0. The summed E-state index contributed by atoms with van der Waals surface area (Å²) in [5.74, 6) is 0. The van der Waals surface area contributed by atoms with E-state index in [2.05, 4.69) is 64.2 Å². The summed E-state index contributed by atoms with van der Waals surface area (Å²) in [4.78, 5) is 0. The number of likely N-dealkylation sites (N-methyl/N-ethyl adjacent to an activating group) is 1. The molecule has 0 aliphatic rings. The third-order valence-corrected chi connectivity index (χ3v) is 4.02. The normalized spacial score (nSPS) is 15.8. The van der Waals surface area contributed by atoms with Crippen molar-refractivity contribution >= 4 is 0 Å². The van der Waals surface area contributed by atoms with E-state index in [0.29, 0.717) is 0 Å². The van der Waals surface area contributed by atoms with E-state index in [1.165, 1.54) is 17.5 Å². The Morgan fingerprint density at radius 1 is 1.20 bits per heavy atom. The molecule has 20 heavy (non-hydrogen) atoms. The van der Waals surface area contributed by atoms with Crippen molar-refractivity contribution < 1.29 is 4.74 Å². The average Bonchev–Trinajstić information content (AvgIpc) is 2.45. The Labute approximate surface area is 124 Å². The Kier molecular flexibility index (Phi) is 7.25. The van der Waals surface area contributed by atoms with Crippen LogP contribution in [0.15, 0.2) is 24.3 Å². The monoisotopic (exact) mass is 277 g/mol. The van der Waals surface area contributed by atoms with Gasteiger partial charge in [0.1, 0.15) is 0 Å². The van der Waals surface area contributed by atoms with E-state index in [-0.39, 0.29) is 11.6 Å². The Morgan fingerprint density at radius 2 is 1.95 bits per heavy atom. The maximum atomic E-state index is 6.09. The SMILES string of the molecule is CCCc1cccc(C(NCC)C(C)(CC)OCC)c1. The Balaban J connectivity index is 3.08. The zero-order chi connectivity index (χ0) is 15.0. The van der Waals surface area contributed by atoms with E-state index in [1.807, 2.05) is 0 Å². The summed E-state index contributed by atoms with van der Waals surface area (Å²) < 4.78 is 6.09. The number of nitrogens with one attached hydrogen (secondary N) is 1. The molecule has 1 N–H and O–H groups in total. The summed E-state index contributed by atoms with van der Waals surface area (Å²) in [6, 6.07) is 9.20. The molecule has 2 nitrogen and oxygen atoms in total. The first kappa shape index (κ1) is 17.2. The van der Waals surface area contributed by atoms with Crippen LogP contribution in [0.4, 0.5) is 0 Å². The van der Waals surface area contributed by atoms with Gasteiger partial charge >= 0.3 is 0 Å². The minimum Gasteiger partial charge on any atom is -0.374 e. The molecule has 2 unspecified atom stereocenters. The zero-order valence-corrected chi connectivity index (χ0v) is 13.8. The first-order valence-corrected chi connectivity index (χ1v) is 8.07. The molecule has 0 spiro atoms. The Morgan fingerprint density at radius 3 is 2.50 bits per heavy atom. The van der Waals surface area contributed by atoms with E-state index < -0.39 is 0 Å². The van der Waals surface area contributed by atoms with Crippen LogP contribution in [0, 0.1) is 0 Å². The van der Waals surface area contributed by atoms with E-state index >= 15 is 0 Å². The minimum absolute atomic E-state index is 0.157. The molecule has 2 heteroatoms. The standard InChI is InChI=1S/C18H31NO/c1-6-11-15-12-10-13-16(14-15)17(19-8-3)18(5,7-2)20-9-4/h10,12-14,17,19H,6-9,11H2,1-5H3. The van der Waals surface area contributed by atoms with Crippen LogP contribution >= 0.6 is 0 Å². The Bertz CT molecular complexity index is 391. The molecular weight excluding hydrogens is 246 g/mol. The predicted octanol–water partition coefficient (Wildman–Crippen LogP) is 4.49. The molecule has 114 valence electrons. The third kappa shape index (κ3) is 4.32. The van der Waals surface area contributed by atoms with Gasteiger partial charge in [-0.3, -0.25) is 0 Å². The van der Waals surface area contributed by atoms with Gasteiger partial charge in [0, 0.05) is 6.61 Å². The van der Waals surface area contributed by atoms with Crippen molar-refractivity contribution in [2.75, 3.05) is 13.2 Å². The largest absolute Gasteiger partial charge is 0.374 e. The molecule has 0 aliphatic carbocycles. The van der Waals surface area contributed by atoms with Crippen molar-refractivity contribution in [1.82, 2.24) is 5.32 Å². The molecule has 0 saturated heterocycles. The van der Waals surface area contributed by atoms with Gasteiger partial charge in [0.05, 0.1) is 11.6 Å². The Hall–Kier alpha value is -0.860. The van der Waals surface area contributed by atoms with Crippen molar-refractivity contribution in [2.45, 2.75) is 65.5 Å². The first-order chi connectivity index (χ1) is 9.61. The highest BCUT2D eigenvalue weighted by atomic mass is 16.5. The fraction of sp³-hybridized carbons (Fsp3) is 0.667. The van der Waals surface area contributed by atoms with Crippen LogP contribution in [0.2, 0.25) is 0 Å². The van der Waals surface area contributed by atoms with Gasteiger partial charge in [0.2, 0.25) is 0 Å². The highest BCUT2D eigenvalue weighted by Gasteiger charge is 2.33. The molecule has 0 radical (unpaired) electrons. The molecule has 1 aromatic rings. The third-order valence-electron chi connectivity index (χ3n) is 4.02. The molecule has 0 fully saturated rings. The number of hydrogen-bond acceptors (Lipinski definition) is 2. The predicted molar refractivity (Wildman–Crippen MR) is 87.2 cm³/mol. The highest BCUT2D eigenvalue weighted by Crippen LogP contribution is 2.32. The molecule has 1 rings (SSSR count). The van der Waals surface area contributed by atoms with Crippen LogP contribution in [0.25, 0.3) is 0 Å². The summed E-state index contributed by atoms with van der Waals surface area (Å²) in [6.07, 6.45) is 3.33. The van der Waals surface area contributed by atoms with Crippen LogP contribution in [0.5, 0.6) is 0 Å². The van der Waals surface area contributed by atoms with Crippen LogP contribution in [-0.4, -0.2) is 18.8 Å². The quantitative estimate of drug-likeness (QED) is 0.718. The first-order valence-electron chi connectivity index (χ1n) is 8.07. The van der Waals surface area contributed by atoms with Gasteiger partial charge in [-0.05, 0) is 44.4 Å². The smallest absolute Gasteiger partial charge is 0.0845 e. The van der Waals surface area contributed by atoms with Crippen molar-refractivity contribution in [1.29, 1.82) is 0 Å². The molecule has 0 aliphatic heterocycles. The summed E-state index contributed by atoms with van der Waals surface area (Å²) in [5, 5.41) is 3.62. The summed E-state index contributed by atoms with van der Waals surface area (Å²) in [6.45, 7) is 12.6. The van der Waals surface area contributed by atoms with Crippen molar-refractivity contribution in [2.24, 2.45) is 0 Å². The lowest BCUT2D eigenvalue weighted by atomic mass is 9.86.